The van der Waals surface area contributed by atoms with Crippen molar-refractivity contribution >= 4 is 27.5 Å². The molecule has 2 rings (SSSR count). The van der Waals surface area contributed by atoms with E-state index in [2.05, 4.69) is 39.1 Å². The summed E-state index contributed by atoms with van der Waals surface area (Å²) in [6.07, 6.45) is 3.99. The molecule has 0 spiro atoms. The van der Waals surface area contributed by atoms with Crippen LogP contribution in [-0.4, -0.2) is 11.6 Å². The topological polar surface area (TPSA) is 41.5 Å². The van der Waals surface area contributed by atoms with Crippen LogP contribution in [0.15, 0.2) is 51.6 Å². The van der Waals surface area contributed by atoms with Crippen molar-refractivity contribution in [1.29, 1.82) is 0 Å². The molecular weight excluding hydrogens is 340 g/mol. The molecule has 1 aromatic rings. The van der Waals surface area contributed by atoms with Crippen LogP contribution < -0.4 is 5.43 Å². The predicted octanol–water partition coefficient (Wildman–Crippen LogP) is 4.78. The van der Waals surface area contributed by atoms with E-state index in [9.17, 15) is 4.79 Å². The highest BCUT2D eigenvalue weighted by Crippen LogP contribution is 2.26. The molecule has 0 radical (unpaired) electrons. The maximum Gasteiger partial charge on any atom is 0.271 e. The second kappa shape index (κ2) is 7.05. The number of halogens is 1. The Morgan fingerprint density at radius 2 is 2.14 bits per heavy atom. The molecule has 1 N–H and O–H groups in total. The Morgan fingerprint density at radius 3 is 2.77 bits per heavy atom. The molecule has 1 aliphatic carbocycles. The average Bonchev–Trinajstić information content (AvgIpc) is 2.48. The van der Waals surface area contributed by atoms with Crippen molar-refractivity contribution in [2.24, 2.45) is 11.0 Å². The van der Waals surface area contributed by atoms with Gasteiger partial charge in [0.1, 0.15) is 0 Å². The van der Waals surface area contributed by atoms with E-state index in [4.69, 9.17) is 0 Å². The lowest BCUT2D eigenvalue weighted by molar-refractivity contribution is 0.0954. The Labute approximate surface area is 140 Å². The number of amides is 1. The first-order chi connectivity index (χ1) is 10.4. The van der Waals surface area contributed by atoms with Crippen LogP contribution in [0.3, 0.4) is 0 Å². The number of carbonyl (C=O) groups excluding carboxylic acids is 1. The van der Waals surface area contributed by atoms with Crippen LogP contribution in [0, 0.1) is 12.8 Å². The third-order valence-corrected chi connectivity index (χ3v) is 4.88. The van der Waals surface area contributed by atoms with Gasteiger partial charge in [0, 0.05) is 10.0 Å². The van der Waals surface area contributed by atoms with Gasteiger partial charge in [-0.15, -0.1) is 0 Å². The third-order valence-electron chi connectivity index (χ3n) is 4.03. The Bertz CT molecular complexity index is 674. The summed E-state index contributed by atoms with van der Waals surface area (Å²) in [4.78, 5) is 12.2. The molecule has 22 heavy (non-hydrogen) atoms. The van der Waals surface area contributed by atoms with E-state index in [-0.39, 0.29) is 5.91 Å². The van der Waals surface area contributed by atoms with Crippen molar-refractivity contribution in [3.05, 3.63) is 57.6 Å². The molecule has 0 fully saturated rings. The summed E-state index contributed by atoms with van der Waals surface area (Å²) >= 11 is 3.44. The highest BCUT2D eigenvalue weighted by molar-refractivity contribution is 9.10. The molecule has 1 amide bonds. The molecule has 0 aromatic heterocycles. The molecule has 0 heterocycles. The fraction of sp³-hybridized carbons (Fsp3) is 0.333. The van der Waals surface area contributed by atoms with Crippen molar-refractivity contribution in [1.82, 2.24) is 5.43 Å². The van der Waals surface area contributed by atoms with E-state index in [1.807, 2.05) is 32.9 Å². The predicted molar refractivity (Wildman–Crippen MR) is 95.1 cm³/mol. The zero-order valence-electron chi connectivity index (χ0n) is 13.2. The lowest BCUT2D eigenvalue weighted by Gasteiger charge is -2.22. The Hall–Kier alpha value is -1.68. The number of rotatable bonds is 3. The number of hydrogen-bond donors (Lipinski definition) is 1. The molecule has 0 saturated carbocycles. The number of allylic oxidation sites excluding steroid dienone is 3. The maximum absolute atomic E-state index is 12.2. The lowest BCUT2D eigenvalue weighted by atomic mass is 9.85. The van der Waals surface area contributed by atoms with Gasteiger partial charge in [0.25, 0.3) is 5.91 Å². The van der Waals surface area contributed by atoms with Gasteiger partial charge in [-0.3, -0.25) is 4.79 Å². The first-order valence-electron chi connectivity index (χ1n) is 7.34. The van der Waals surface area contributed by atoms with E-state index in [0.29, 0.717) is 11.5 Å². The largest absolute Gasteiger partial charge is 0.271 e. The van der Waals surface area contributed by atoms with Gasteiger partial charge in [-0.1, -0.05) is 40.2 Å². The SMILES string of the molecule is C=C(C)[C@H]1CC=C(C)C(=NNC(=O)c2ccc(C)c(Br)c2)C1. The molecule has 1 aliphatic rings. The number of aryl methyl sites for hydroxylation is 1. The van der Waals surface area contributed by atoms with Crippen molar-refractivity contribution in [2.45, 2.75) is 33.6 Å². The normalized spacial score (nSPS) is 19.7. The summed E-state index contributed by atoms with van der Waals surface area (Å²) in [5.41, 5.74) is 7.57. The first-order valence-corrected chi connectivity index (χ1v) is 8.13. The minimum atomic E-state index is -0.196. The van der Waals surface area contributed by atoms with Crippen molar-refractivity contribution in [3.63, 3.8) is 0 Å². The van der Waals surface area contributed by atoms with Gasteiger partial charge in [0.2, 0.25) is 0 Å². The summed E-state index contributed by atoms with van der Waals surface area (Å²) < 4.78 is 0.920. The molecule has 1 aromatic carbocycles. The molecule has 4 heteroatoms. The molecule has 0 bridgehead atoms. The van der Waals surface area contributed by atoms with Gasteiger partial charge in [-0.25, -0.2) is 5.43 Å². The standard InChI is InChI=1S/C18H21BrN2O/c1-11(2)14-7-6-13(4)17(10-14)20-21-18(22)15-8-5-12(3)16(19)9-15/h5-6,8-9,14H,1,7,10H2,2-4H3,(H,21,22)/t14-/m0/s1. The average molecular weight is 361 g/mol. The summed E-state index contributed by atoms with van der Waals surface area (Å²) in [5, 5.41) is 4.32. The Kier molecular flexibility index (Phi) is 5.35. The fourth-order valence-electron chi connectivity index (χ4n) is 2.34. The van der Waals surface area contributed by atoms with Gasteiger partial charge < -0.3 is 0 Å². The fourth-order valence-corrected chi connectivity index (χ4v) is 2.72. The minimum absolute atomic E-state index is 0.196. The third kappa shape index (κ3) is 3.95. The zero-order valence-corrected chi connectivity index (χ0v) is 14.8. The second-order valence-electron chi connectivity index (χ2n) is 5.83. The number of hydrogen-bond acceptors (Lipinski definition) is 2. The van der Waals surface area contributed by atoms with Crippen LogP contribution in [0.1, 0.15) is 42.6 Å². The highest BCUT2D eigenvalue weighted by atomic mass is 79.9. The van der Waals surface area contributed by atoms with Gasteiger partial charge >= 0.3 is 0 Å². The van der Waals surface area contributed by atoms with Gasteiger partial charge in [0.15, 0.2) is 0 Å². The van der Waals surface area contributed by atoms with E-state index >= 15 is 0 Å². The van der Waals surface area contributed by atoms with Crippen molar-refractivity contribution in [2.75, 3.05) is 0 Å². The van der Waals surface area contributed by atoms with Gasteiger partial charge in [-0.05, 0) is 62.8 Å². The van der Waals surface area contributed by atoms with Crippen LogP contribution in [0.25, 0.3) is 0 Å². The molecular formula is C18H21BrN2O. The van der Waals surface area contributed by atoms with Crippen molar-refractivity contribution in [3.8, 4) is 0 Å². The highest BCUT2D eigenvalue weighted by Gasteiger charge is 2.19. The maximum atomic E-state index is 12.2. The number of nitrogens with one attached hydrogen (secondary N) is 1. The van der Waals surface area contributed by atoms with Gasteiger partial charge in [0.05, 0.1) is 5.71 Å². The quantitative estimate of drug-likeness (QED) is 0.611. The number of carbonyl (C=O) groups is 1. The zero-order chi connectivity index (χ0) is 16.3. The monoisotopic (exact) mass is 360 g/mol. The Morgan fingerprint density at radius 1 is 1.41 bits per heavy atom. The van der Waals surface area contributed by atoms with E-state index in [1.165, 1.54) is 0 Å². The van der Waals surface area contributed by atoms with E-state index in [1.54, 1.807) is 6.07 Å². The molecule has 0 aliphatic heterocycles. The number of benzene rings is 1. The molecule has 3 nitrogen and oxygen atoms in total. The minimum Gasteiger partial charge on any atom is -0.267 e. The van der Waals surface area contributed by atoms with Crippen LogP contribution in [0.5, 0.6) is 0 Å². The van der Waals surface area contributed by atoms with E-state index in [0.717, 1.165) is 39.7 Å². The van der Waals surface area contributed by atoms with Crippen LogP contribution in [0.2, 0.25) is 0 Å². The summed E-state index contributed by atoms with van der Waals surface area (Å²) in [6, 6.07) is 5.52. The van der Waals surface area contributed by atoms with Crippen molar-refractivity contribution < 1.29 is 4.79 Å². The van der Waals surface area contributed by atoms with Crippen LogP contribution >= 0.6 is 15.9 Å². The summed E-state index contributed by atoms with van der Waals surface area (Å²) in [7, 11) is 0. The van der Waals surface area contributed by atoms with E-state index < -0.39 is 0 Å². The van der Waals surface area contributed by atoms with Gasteiger partial charge in [-0.2, -0.15) is 5.10 Å². The van der Waals surface area contributed by atoms with Crippen LogP contribution in [0.4, 0.5) is 0 Å². The number of hydrazone groups is 1. The summed E-state index contributed by atoms with van der Waals surface area (Å²) in [6.45, 7) is 10.1. The van der Waals surface area contributed by atoms with Crippen LogP contribution in [-0.2, 0) is 0 Å². The first kappa shape index (κ1) is 16.7. The smallest absolute Gasteiger partial charge is 0.267 e. The lowest BCUT2D eigenvalue weighted by Crippen LogP contribution is -2.23. The molecule has 116 valence electrons. The molecule has 0 unspecified atom stereocenters. The second-order valence-corrected chi connectivity index (χ2v) is 6.69. The Balaban J connectivity index is 2.11. The number of nitrogens with zero attached hydrogens (tertiary/aromatic N) is 1. The molecule has 1 atom stereocenters. The summed E-state index contributed by atoms with van der Waals surface area (Å²) in [5.74, 6) is 0.214. The molecule has 0 saturated heterocycles.